The Labute approximate surface area is 93.3 Å². The van der Waals surface area contributed by atoms with Crippen LogP contribution in [-0.2, 0) is 9.93 Å². The van der Waals surface area contributed by atoms with Crippen molar-refractivity contribution in [3.8, 4) is 0 Å². The minimum atomic E-state index is -0.825. The number of benzene rings is 1. The zero-order valence-electron chi connectivity index (χ0n) is 8.55. The molecule has 0 saturated heterocycles. The van der Waals surface area contributed by atoms with Crippen LogP contribution in [0.15, 0.2) is 24.3 Å². The number of hydrogen-bond donors (Lipinski definition) is 1. The fourth-order valence-electron chi connectivity index (χ4n) is 2.37. The fourth-order valence-corrected chi connectivity index (χ4v) is 3.33. The summed E-state index contributed by atoms with van der Waals surface area (Å²) in [5.41, 5.74) is 2.42. The van der Waals surface area contributed by atoms with Crippen molar-refractivity contribution in [2.75, 3.05) is 0 Å². The molecule has 0 bridgehead atoms. The van der Waals surface area contributed by atoms with E-state index in [1.165, 1.54) is 5.56 Å². The Kier molecular flexibility index (Phi) is 2.24. The first-order chi connectivity index (χ1) is 6.49. The Morgan fingerprint density at radius 2 is 1.93 bits per heavy atom. The highest BCUT2D eigenvalue weighted by atomic mass is 79.9. The van der Waals surface area contributed by atoms with Gasteiger partial charge in [-0.3, -0.25) is 0 Å². The summed E-state index contributed by atoms with van der Waals surface area (Å²) in [6.45, 7) is 4.39. The van der Waals surface area contributed by atoms with Gasteiger partial charge in [-0.15, -0.1) is 0 Å². The van der Waals surface area contributed by atoms with Gasteiger partial charge in [0.2, 0.25) is 0 Å². The maximum atomic E-state index is 10.2. The molecule has 1 nitrogen and oxygen atoms in total. The Hall–Kier alpha value is -0.340. The first-order valence-electron chi connectivity index (χ1n) is 5.01. The molecule has 0 saturated carbocycles. The number of rotatable bonds is 1. The minimum absolute atomic E-state index is 0.106. The summed E-state index contributed by atoms with van der Waals surface area (Å²) in [7, 11) is 0. The standard InChI is InChI=1S/C12H15BrO/c1-3-11(2)8-12(13,14)10-7-5-4-6-9(10)11/h4-7,14H,3,8H2,1-2H3. The third kappa shape index (κ3) is 1.32. The van der Waals surface area contributed by atoms with Crippen LogP contribution in [0.1, 0.15) is 37.8 Å². The number of fused-ring (bicyclic) bond motifs is 1. The van der Waals surface area contributed by atoms with Crippen LogP contribution in [0.25, 0.3) is 0 Å². The first kappa shape index (κ1) is 10.2. The maximum Gasteiger partial charge on any atom is 0.146 e. The summed E-state index contributed by atoms with van der Waals surface area (Å²) in [5, 5.41) is 10.2. The molecule has 2 unspecified atom stereocenters. The second-order valence-corrected chi connectivity index (χ2v) is 5.71. The summed E-state index contributed by atoms with van der Waals surface area (Å²) in [4.78, 5) is 0. The van der Waals surface area contributed by atoms with Crippen molar-refractivity contribution >= 4 is 15.9 Å². The van der Waals surface area contributed by atoms with Gasteiger partial charge in [0.25, 0.3) is 0 Å². The van der Waals surface area contributed by atoms with Crippen LogP contribution in [0.2, 0.25) is 0 Å². The molecule has 0 fully saturated rings. The van der Waals surface area contributed by atoms with Crippen molar-refractivity contribution in [3.05, 3.63) is 35.4 Å². The first-order valence-corrected chi connectivity index (χ1v) is 5.80. The average molecular weight is 255 g/mol. The molecule has 0 aromatic heterocycles. The van der Waals surface area contributed by atoms with Gasteiger partial charge in [-0.1, -0.05) is 38.1 Å². The number of aliphatic hydroxyl groups is 1. The van der Waals surface area contributed by atoms with Gasteiger partial charge in [-0.25, -0.2) is 0 Å². The van der Waals surface area contributed by atoms with Crippen LogP contribution < -0.4 is 0 Å². The smallest absolute Gasteiger partial charge is 0.146 e. The van der Waals surface area contributed by atoms with Gasteiger partial charge in [-0.05, 0) is 45.3 Å². The fraction of sp³-hybridized carbons (Fsp3) is 0.500. The molecular weight excluding hydrogens is 240 g/mol. The average Bonchev–Trinajstić information content (AvgIpc) is 2.37. The maximum absolute atomic E-state index is 10.2. The third-order valence-corrected chi connectivity index (χ3v) is 4.10. The Morgan fingerprint density at radius 3 is 2.50 bits per heavy atom. The highest BCUT2D eigenvalue weighted by molar-refractivity contribution is 9.09. The van der Waals surface area contributed by atoms with E-state index in [1.807, 2.05) is 18.2 Å². The van der Waals surface area contributed by atoms with Crippen molar-refractivity contribution in [1.82, 2.24) is 0 Å². The molecule has 0 spiro atoms. The van der Waals surface area contributed by atoms with Gasteiger partial charge in [0.05, 0.1) is 0 Å². The van der Waals surface area contributed by atoms with E-state index in [2.05, 4.69) is 35.8 Å². The molecule has 1 N–H and O–H groups in total. The van der Waals surface area contributed by atoms with E-state index in [0.29, 0.717) is 0 Å². The molecular formula is C12H15BrO. The molecule has 1 aliphatic rings. The van der Waals surface area contributed by atoms with E-state index in [1.54, 1.807) is 0 Å². The highest BCUT2D eigenvalue weighted by Gasteiger charge is 2.46. The Bertz CT molecular complexity index is 359. The summed E-state index contributed by atoms with van der Waals surface area (Å²) in [6, 6.07) is 8.15. The van der Waals surface area contributed by atoms with Gasteiger partial charge in [0.15, 0.2) is 0 Å². The second kappa shape index (κ2) is 3.07. The predicted octanol–water partition coefficient (Wildman–Crippen LogP) is 3.30. The van der Waals surface area contributed by atoms with Gasteiger partial charge < -0.3 is 5.11 Å². The molecule has 1 aliphatic carbocycles. The molecule has 1 aromatic carbocycles. The molecule has 2 atom stereocenters. The minimum Gasteiger partial charge on any atom is -0.375 e. The van der Waals surface area contributed by atoms with Gasteiger partial charge >= 0.3 is 0 Å². The lowest BCUT2D eigenvalue weighted by atomic mass is 9.82. The van der Waals surface area contributed by atoms with E-state index in [9.17, 15) is 5.11 Å². The predicted molar refractivity (Wildman–Crippen MR) is 61.5 cm³/mol. The van der Waals surface area contributed by atoms with E-state index >= 15 is 0 Å². The quantitative estimate of drug-likeness (QED) is 0.763. The molecule has 0 amide bonds. The topological polar surface area (TPSA) is 20.2 Å². The summed E-state index contributed by atoms with van der Waals surface area (Å²) < 4.78 is -0.825. The van der Waals surface area contributed by atoms with Crippen LogP contribution in [-0.4, -0.2) is 5.11 Å². The molecule has 14 heavy (non-hydrogen) atoms. The number of hydrogen-bond acceptors (Lipinski definition) is 1. The molecule has 1 aromatic rings. The van der Waals surface area contributed by atoms with Gasteiger partial charge in [0, 0.05) is 0 Å². The third-order valence-electron chi connectivity index (χ3n) is 3.39. The lowest BCUT2D eigenvalue weighted by molar-refractivity contribution is 0.126. The number of alkyl halides is 1. The molecule has 0 heterocycles. The van der Waals surface area contributed by atoms with Crippen molar-refractivity contribution in [3.63, 3.8) is 0 Å². The largest absolute Gasteiger partial charge is 0.375 e. The van der Waals surface area contributed by atoms with Crippen molar-refractivity contribution in [2.24, 2.45) is 0 Å². The second-order valence-electron chi connectivity index (χ2n) is 4.40. The summed E-state index contributed by atoms with van der Waals surface area (Å²) in [5.74, 6) is 0. The van der Waals surface area contributed by atoms with Crippen LogP contribution in [0.5, 0.6) is 0 Å². The summed E-state index contributed by atoms with van der Waals surface area (Å²) in [6.07, 6.45) is 1.81. The van der Waals surface area contributed by atoms with Gasteiger partial charge in [0.1, 0.15) is 4.51 Å². The van der Waals surface area contributed by atoms with Crippen LogP contribution >= 0.6 is 15.9 Å². The van der Waals surface area contributed by atoms with E-state index in [-0.39, 0.29) is 5.41 Å². The molecule has 0 aliphatic heterocycles. The molecule has 76 valence electrons. The molecule has 2 heteroatoms. The lowest BCUT2D eigenvalue weighted by Crippen LogP contribution is -2.20. The SMILES string of the molecule is CCC1(C)CC(O)(Br)c2ccccc21. The van der Waals surface area contributed by atoms with Gasteiger partial charge in [-0.2, -0.15) is 0 Å². The van der Waals surface area contributed by atoms with E-state index in [4.69, 9.17) is 0 Å². The normalized spacial score (nSPS) is 35.7. The van der Waals surface area contributed by atoms with E-state index in [0.717, 1.165) is 18.4 Å². The van der Waals surface area contributed by atoms with Crippen LogP contribution in [0.4, 0.5) is 0 Å². The monoisotopic (exact) mass is 254 g/mol. The zero-order chi connectivity index (χ0) is 10.4. The Balaban J connectivity index is 2.60. The Morgan fingerprint density at radius 1 is 1.36 bits per heavy atom. The number of halogens is 1. The molecule has 2 rings (SSSR count). The van der Waals surface area contributed by atoms with E-state index < -0.39 is 4.51 Å². The summed E-state index contributed by atoms with van der Waals surface area (Å²) >= 11 is 3.41. The highest BCUT2D eigenvalue weighted by Crippen LogP contribution is 2.52. The van der Waals surface area contributed by atoms with Crippen molar-refractivity contribution in [1.29, 1.82) is 0 Å². The van der Waals surface area contributed by atoms with Crippen molar-refractivity contribution < 1.29 is 5.11 Å². The zero-order valence-corrected chi connectivity index (χ0v) is 10.1. The lowest BCUT2D eigenvalue weighted by Gasteiger charge is -2.24. The van der Waals surface area contributed by atoms with Crippen LogP contribution in [0, 0.1) is 0 Å². The molecule has 0 radical (unpaired) electrons. The van der Waals surface area contributed by atoms with Crippen molar-refractivity contribution in [2.45, 2.75) is 36.6 Å². The van der Waals surface area contributed by atoms with Crippen LogP contribution in [0.3, 0.4) is 0 Å².